The number of benzene rings is 1. The van der Waals surface area contributed by atoms with E-state index >= 15 is 0 Å². The summed E-state index contributed by atoms with van der Waals surface area (Å²) >= 11 is 3.35. The Morgan fingerprint density at radius 1 is 1.31 bits per heavy atom. The molecule has 29 heavy (non-hydrogen) atoms. The maximum absolute atomic E-state index is 13.0. The first kappa shape index (κ1) is 20.0. The van der Waals surface area contributed by atoms with E-state index < -0.39 is 11.5 Å². The van der Waals surface area contributed by atoms with Gasteiger partial charge in [-0.25, -0.2) is 0 Å². The molecule has 7 nitrogen and oxygen atoms in total. The van der Waals surface area contributed by atoms with Gasteiger partial charge in [-0.3, -0.25) is 14.0 Å². The molecule has 0 atom stereocenters. The van der Waals surface area contributed by atoms with Gasteiger partial charge in [0.2, 0.25) is 5.88 Å². The van der Waals surface area contributed by atoms with Crippen LogP contribution in [0, 0.1) is 11.3 Å². The number of carbonyl (C=O) groups is 1. The predicted molar refractivity (Wildman–Crippen MR) is 112 cm³/mol. The second-order valence-electron chi connectivity index (χ2n) is 5.79. The number of ether oxygens (including phenoxy) is 1. The summed E-state index contributed by atoms with van der Waals surface area (Å²) in [7, 11) is 0. The molecule has 0 saturated carbocycles. The predicted octanol–water partition coefficient (Wildman–Crippen LogP) is 3.46. The van der Waals surface area contributed by atoms with Crippen LogP contribution in [0.5, 0.6) is 11.6 Å². The number of rotatable bonds is 6. The highest BCUT2D eigenvalue weighted by Crippen LogP contribution is 2.25. The first-order valence-corrected chi connectivity index (χ1v) is 9.28. The van der Waals surface area contributed by atoms with E-state index in [0.29, 0.717) is 11.4 Å². The van der Waals surface area contributed by atoms with Gasteiger partial charge in [0.25, 0.3) is 11.5 Å². The van der Waals surface area contributed by atoms with Crippen molar-refractivity contribution in [3.05, 3.63) is 87.3 Å². The monoisotopic (exact) mass is 450 g/mol. The van der Waals surface area contributed by atoms with Crippen LogP contribution < -0.4 is 15.6 Å². The van der Waals surface area contributed by atoms with Gasteiger partial charge in [0.15, 0.2) is 0 Å². The number of hydrogen-bond donors (Lipinski definition) is 1. The number of nitrogens with one attached hydrogen (secondary N) is 1. The maximum Gasteiger partial charge on any atom is 0.269 e. The summed E-state index contributed by atoms with van der Waals surface area (Å²) < 4.78 is 7.99. The van der Waals surface area contributed by atoms with E-state index in [1.165, 1.54) is 16.6 Å². The van der Waals surface area contributed by atoms with Crippen molar-refractivity contribution in [1.29, 1.82) is 5.26 Å². The molecular weight excluding hydrogens is 436 g/mol. The second kappa shape index (κ2) is 8.99. The lowest BCUT2D eigenvalue weighted by molar-refractivity contribution is -0.116. The van der Waals surface area contributed by atoms with E-state index in [4.69, 9.17) is 4.74 Å². The Kier molecular flexibility index (Phi) is 6.22. The average molecular weight is 451 g/mol. The van der Waals surface area contributed by atoms with Crippen molar-refractivity contribution in [2.75, 3.05) is 6.54 Å². The van der Waals surface area contributed by atoms with Crippen LogP contribution in [-0.2, 0) is 4.79 Å². The quantitative estimate of drug-likeness (QED) is 0.352. The Morgan fingerprint density at radius 2 is 2.07 bits per heavy atom. The molecule has 0 fully saturated rings. The van der Waals surface area contributed by atoms with Crippen LogP contribution in [0.25, 0.3) is 11.7 Å². The largest absolute Gasteiger partial charge is 0.438 e. The fourth-order valence-electron chi connectivity index (χ4n) is 2.45. The van der Waals surface area contributed by atoms with Crippen molar-refractivity contribution in [2.45, 2.75) is 0 Å². The molecule has 0 aliphatic rings. The summed E-state index contributed by atoms with van der Waals surface area (Å²) in [6, 6.07) is 13.9. The van der Waals surface area contributed by atoms with Crippen LogP contribution in [-0.4, -0.2) is 21.8 Å². The zero-order valence-corrected chi connectivity index (χ0v) is 16.7. The highest BCUT2D eigenvalue weighted by Gasteiger charge is 2.17. The highest BCUT2D eigenvalue weighted by atomic mass is 79.9. The van der Waals surface area contributed by atoms with Gasteiger partial charge in [0.05, 0.1) is 0 Å². The molecule has 0 radical (unpaired) electrons. The Labute approximate surface area is 174 Å². The lowest BCUT2D eigenvalue weighted by Crippen LogP contribution is -2.25. The summed E-state index contributed by atoms with van der Waals surface area (Å²) in [5, 5.41) is 11.9. The summed E-state index contributed by atoms with van der Waals surface area (Å²) in [6.45, 7) is 3.70. The Bertz CT molecular complexity index is 1210. The number of amides is 1. The number of nitrogens with zero attached hydrogens (tertiary/aromatic N) is 3. The third-order valence-electron chi connectivity index (χ3n) is 3.82. The van der Waals surface area contributed by atoms with Crippen LogP contribution in [0.2, 0.25) is 0 Å². The van der Waals surface area contributed by atoms with Gasteiger partial charge in [-0.2, -0.15) is 10.2 Å². The van der Waals surface area contributed by atoms with Gasteiger partial charge in [0.1, 0.15) is 28.6 Å². The molecule has 1 aromatic carbocycles. The molecule has 0 aliphatic heterocycles. The number of hydrogen-bond acceptors (Lipinski definition) is 5. The van der Waals surface area contributed by atoms with Gasteiger partial charge in [0, 0.05) is 17.2 Å². The number of pyridine rings is 1. The van der Waals surface area contributed by atoms with Gasteiger partial charge < -0.3 is 10.1 Å². The van der Waals surface area contributed by atoms with Crippen LogP contribution in [0.1, 0.15) is 5.56 Å². The fraction of sp³-hybridized carbons (Fsp3) is 0.0476. The lowest BCUT2D eigenvalue weighted by Gasteiger charge is -2.10. The summed E-state index contributed by atoms with van der Waals surface area (Å²) in [4.78, 5) is 29.6. The first-order chi connectivity index (χ1) is 14.0. The van der Waals surface area contributed by atoms with Gasteiger partial charge in [-0.15, -0.1) is 6.58 Å². The van der Waals surface area contributed by atoms with Crippen LogP contribution in [0.15, 0.2) is 76.2 Å². The minimum atomic E-state index is -0.625. The molecule has 144 valence electrons. The van der Waals surface area contributed by atoms with Crippen molar-refractivity contribution in [3.8, 4) is 17.7 Å². The van der Waals surface area contributed by atoms with E-state index in [2.05, 4.69) is 32.8 Å². The number of fused-ring (bicyclic) bond motifs is 1. The van der Waals surface area contributed by atoms with Crippen LogP contribution >= 0.6 is 15.9 Å². The van der Waals surface area contributed by atoms with Gasteiger partial charge in [-0.1, -0.05) is 28.1 Å². The van der Waals surface area contributed by atoms with Crippen LogP contribution in [0.4, 0.5) is 0 Å². The molecular formula is C21H15BrN4O3. The number of aromatic nitrogens is 2. The SMILES string of the molecule is C=CCNC(=O)/C(C#N)=C/c1c(Oc2ccc(Br)cc2)nc2ccccn2c1=O. The van der Waals surface area contributed by atoms with Gasteiger partial charge >= 0.3 is 0 Å². The minimum Gasteiger partial charge on any atom is -0.438 e. The number of carbonyl (C=O) groups excluding carboxylic acids is 1. The number of nitriles is 1. The van der Waals surface area contributed by atoms with Crippen molar-refractivity contribution in [2.24, 2.45) is 0 Å². The third-order valence-corrected chi connectivity index (χ3v) is 4.35. The molecule has 2 heterocycles. The Balaban J connectivity index is 2.16. The molecule has 1 amide bonds. The summed E-state index contributed by atoms with van der Waals surface area (Å²) in [6.07, 6.45) is 4.22. The molecule has 0 saturated heterocycles. The third kappa shape index (κ3) is 4.59. The van der Waals surface area contributed by atoms with E-state index in [0.717, 1.165) is 4.47 Å². The molecule has 3 rings (SSSR count). The molecule has 2 aromatic heterocycles. The average Bonchev–Trinajstić information content (AvgIpc) is 2.73. The lowest BCUT2D eigenvalue weighted by atomic mass is 10.1. The summed E-state index contributed by atoms with van der Waals surface area (Å²) in [5.41, 5.74) is -0.354. The first-order valence-electron chi connectivity index (χ1n) is 8.49. The molecule has 8 heteroatoms. The Hall–Kier alpha value is -3.70. The van der Waals surface area contributed by atoms with E-state index in [1.807, 2.05) is 6.07 Å². The smallest absolute Gasteiger partial charge is 0.269 e. The highest BCUT2D eigenvalue weighted by molar-refractivity contribution is 9.10. The van der Waals surface area contributed by atoms with Crippen molar-refractivity contribution in [1.82, 2.24) is 14.7 Å². The normalized spacial score (nSPS) is 11.0. The van der Waals surface area contributed by atoms with E-state index in [1.54, 1.807) is 48.7 Å². The van der Waals surface area contributed by atoms with Crippen LogP contribution in [0.3, 0.4) is 0 Å². The zero-order chi connectivity index (χ0) is 20.8. The fourth-order valence-corrected chi connectivity index (χ4v) is 2.72. The van der Waals surface area contributed by atoms with Crippen molar-refractivity contribution < 1.29 is 9.53 Å². The topological polar surface area (TPSA) is 96.5 Å². The maximum atomic E-state index is 13.0. The second-order valence-corrected chi connectivity index (χ2v) is 6.70. The molecule has 0 bridgehead atoms. The van der Waals surface area contributed by atoms with Crippen molar-refractivity contribution >= 4 is 33.6 Å². The molecule has 0 aliphatic carbocycles. The van der Waals surface area contributed by atoms with E-state index in [9.17, 15) is 14.9 Å². The van der Waals surface area contributed by atoms with E-state index in [-0.39, 0.29) is 23.6 Å². The zero-order valence-electron chi connectivity index (χ0n) is 15.1. The standard InChI is InChI=1S/C21H15BrN4O3/c1-2-10-24-19(27)14(13-23)12-17-20(29-16-8-6-15(22)7-9-16)25-18-5-3-4-11-26(18)21(17)28/h2-9,11-12H,1,10H2,(H,24,27)/b14-12+. The molecule has 0 unspecified atom stereocenters. The minimum absolute atomic E-state index is 0.00667. The Morgan fingerprint density at radius 3 is 2.76 bits per heavy atom. The molecule has 0 spiro atoms. The van der Waals surface area contributed by atoms with Gasteiger partial charge in [-0.05, 0) is 42.5 Å². The summed E-state index contributed by atoms with van der Waals surface area (Å²) in [5.74, 6) is -0.183. The van der Waals surface area contributed by atoms with Crippen molar-refractivity contribution in [3.63, 3.8) is 0 Å². The molecule has 3 aromatic rings. The molecule has 1 N–H and O–H groups in total. The number of halogens is 1.